The molecule has 0 saturated heterocycles. The number of hydrogen-bond acceptors (Lipinski definition) is 4. The van der Waals surface area contributed by atoms with E-state index in [4.69, 9.17) is 0 Å². The van der Waals surface area contributed by atoms with Crippen LogP contribution in [0.2, 0.25) is 0 Å². The van der Waals surface area contributed by atoms with Crippen LogP contribution >= 0.6 is 22.6 Å². The average Bonchev–Trinajstić information content (AvgIpc) is 2.89. The second-order valence-corrected chi connectivity index (χ2v) is 13.2. The van der Waals surface area contributed by atoms with E-state index in [0.29, 0.717) is 18.7 Å². The maximum Gasteiger partial charge on any atom is 0.244 e. The molecule has 0 spiro atoms. The summed E-state index contributed by atoms with van der Waals surface area (Å²) in [5, 5.41) is 2.99. The summed E-state index contributed by atoms with van der Waals surface area (Å²) >= 11 is 2.14. The van der Waals surface area contributed by atoms with Gasteiger partial charge in [-0.15, -0.1) is 0 Å². The van der Waals surface area contributed by atoms with Crippen LogP contribution in [-0.4, -0.2) is 50.5 Å². The van der Waals surface area contributed by atoms with Crippen LogP contribution in [0.25, 0.3) is 0 Å². The number of anilines is 1. The van der Waals surface area contributed by atoms with Crippen molar-refractivity contribution in [2.45, 2.75) is 39.8 Å². The van der Waals surface area contributed by atoms with Crippen molar-refractivity contribution in [1.29, 1.82) is 0 Å². The second-order valence-electron chi connectivity index (χ2n) is 10.0. The normalized spacial score (nSPS) is 12.2. The van der Waals surface area contributed by atoms with E-state index in [1.54, 1.807) is 24.3 Å². The summed E-state index contributed by atoms with van der Waals surface area (Å²) in [6.45, 7) is 6.18. The first-order chi connectivity index (χ1) is 18.5. The first kappa shape index (κ1) is 30.6. The molecule has 0 aliphatic rings. The first-order valence-corrected chi connectivity index (χ1v) is 15.8. The highest BCUT2D eigenvalue weighted by molar-refractivity contribution is 14.1. The lowest BCUT2D eigenvalue weighted by molar-refractivity contribution is -0.140. The zero-order valence-corrected chi connectivity index (χ0v) is 25.8. The molecule has 7 nitrogen and oxygen atoms in total. The van der Waals surface area contributed by atoms with Gasteiger partial charge in [-0.1, -0.05) is 68.4 Å². The van der Waals surface area contributed by atoms with Gasteiger partial charge in [0, 0.05) is 23.1 Å². The summed E-state index contributed by atoms with van der Waals surface area (Å²) < 4.78 is 27.7. The summed E-state index contributed by atoms with van der Waals surface area (Å²) in [6, 6.07) is 23.3. The van der Waals surface area contributed by atoms with Crippen molar-refractivity contribution in [1.82, 2.24) is 10.2 Å². The van der Waals surface area contributed by atoms with Gasteiger partial charge in [-0.05, 0) is 76.4 Å². The lowest BCUT2D eigenvalue weighted by Gasteiger charge is -2.34. The minimum atomic E-state index is -3.78. The van der Waals surface area contributed by atoms with E-state index in [-0.39, 0.29) is 18.4 Å². The Morgan fingerprint density at radius 3 is 2.13 bits per heavy atom. The van der Waals surface area contributed by atoms with Crippen LogP contribution in [0.15, 0.2) is 78.9 Å². The van der Waals surface area contributed by atoms with Crippen LogP contribution in [0, 0.1) is 16.4 Å². The lowest BCUT2D eigenvalue weighted by atomic mass is 10.0. The van der Waals surface area contributed by atoms with Crippen molar-refractivity contribution < 1.29 is 18.0 Å². The van der Waals surface area contributed by atoms with Gasteiger partial charge in [0.15, 0.2) is 0 Å². The van der Waals surface area contributed by atoms with Crippen LogP contribution in [0.1, 0.15) is 30.5 Å². The topological polar surface area (TPSA) is 86.8 Å². The van der Waals surface area contributed by atoms with Crippen LogP contribution in [0.4, 0.5) is 5.69 Å². The number of sulfonamides is 1. The highest BCUT2D eigenvalue weighted by atomic mass is 127. The summed E-state index contributed by atoms with van der Waals surface area (Å²) in [7, 11) is -3.78. The predicted octanol–water partition coefficient (Wildman–Crippen LogP) is 4.78. The van der Waals surface area contributed by atoms with Crippen molar-refractivity contribution in [2.24, 2.45) is 5.92 Å². The third kappa shape index (κ3) is 9.06. The molecule has 0 aliphatic heterocycles. The summed E-state index contributed by atoms with van der Waals surface area (Å²) in [5.74, 6) is -0.494. The Bertz CT molecular complexity index is 1360. The highest BCUT2D eigenvalue weighted by Gasteiger charge is 2.33. The van der Waals surface area contributed by atoms with Gasteiger partial charge < -0.3 is 10.2 Å². The van der Waals surface area contributed by atoms with Gasteiger partial charge in [0.1, 0.15) is 12.6 Å². The Labute approximate surface area is 245 Å². The average molecular weight is 662 g/mol. The Kier molecular flexibility index (Phi) is 10.9. The summed E-state index contributed by atoms with van der Waals surface area (Å²) in [6.07, 6.45) is 1.38. The number of hydrogen-bond donors (Lipinski definition) is 1. The fraction of sp³-hybridized carbons (Fsp3) is 0.333. The largest absolute Gasteiger partial charge is 0.354 e. The van der Waals surface area contributed by atoms with Crippen molar-refractivity contribution in [3.63, 3.8) is 0 Å². The molecule has 0 aromatic heterocycles. The van der Waals surface area contributed by atoms with Crippen LogP contribution in [0.5, 0.6) is 0 Å². The molecule has 0 saturated carbocycles. The summed E-state index contributed by atoms with van der Waals surface area (Å²) in [5.41, 5.74) is 3.17. The molecule has 0 aliphatic carbocycles. The molecule has 2 amide bonds. The number of aryl methyl sites for hydroxylation is 1. The molecule has 9 heteroatoms. The molecule has 3 rings (SSSR count). The maximum atomic E-state index is 14.1. The predicted molar refractivity (Wildman–Crippen MR) is 165 cm³/mol. The Hall–Kier alpha value is -2.92. The monoisotopic (exact) mass is 661 g/mol. The number of amides is 2. The molecule has 1 N–H and O–H groups in total. The second kappa shape index (κ2) is 13.9. The zero-order chi connectivity index (χ0) is 28.6. The SMILES string of the molecule is Cc1ccccc1CN(C(=O)CN(c1ccc(I)cc1)S(C)(=O)=O)C(Cc1ccccc1)C(=O)NCC(C)C. The molecule has 0 bridgehead atoms. The van der Waals surface area contributed by atoms with Crippen molar-refractivity contribution in [3.05, 3.63) is 99.1 Å². The molecule has 0 heterocycles. The molecular formula is C30H36IN3O4S. The third-order valence-corrected chi connectivity index (χ3v) is 8.21. The lowest BCUT2D eigenvalue weighted by Crippen LogP contribution is -2.53. The third-order valence-electron chi connectivity index (χ3n) is 6.35. The molecule has 1 unspecified atom stereocenters. The van der Waals surface area contributed by atoms with E-state index in [0.717, 1.165) is 30.8 Å². The zero-order valence-electron chi connectivity index (χ0n) is 22.8. The van der Waals surface area contributed by atoms with Gasteiger partial charge in [0.2, 0.25) is 21.8 Å². The molecule has 0 fully saturated rings. The number of rotatable bonds is 12. The highest BCUT2D eigenvalue weighted by Crippen LogP contribution is 2.22. The molecule has 1 atom stereocenters. The van der Waals surface area contributed by atoms with E-state index < -0.39 is 28.5 Å². The molecule has 208 valence electrons. The summed E-state index contributed by atoms with van der Waals surface area (Å²) in [4.78, 5) is 29.2. The standard InChI is InChI=1S/C30H36IN3O4S/c1-22(2)19-32-30(36)28(18-24-11-6-5-7-12-24)33(20-25-13-9-8-10-23(25)3)29(35)21-34(39(4,37)38)27-16-14-26(31)15-17-27/h5-17,22,28H,18-21H2,1-4H3,(H,32,36). The quantitative estimate of drug-likeness (QED) is 0.284. The fourth-order valence-electron chi connectivity index (χ4n) is 4.17. The molecule has 3 aromatic carbocycles. The number of benzene rings is 3. The van der Waals surface area contributed by atoms with Crippen molar-refractivity contribution in [3.8, 4) is 0 Å². The number of nitrogens with zero attached hydrogens (tertiary/aromatic N) is 2. The van der Waals surface area contributed by atoms with Crippen molar-refractivity contribution in [2.75, 3.05) is 23.7 Å². The number of halogens is 1. The van der Waals surface area contributed by atoms with Gasteiger partial charge in [-0.25, -0.2) is 8.42 Å². The van der Waals surface area contributed by atoms with Gasteiger partial charge >= 0.3 is 0 Å². The number of carbonyl (C=O) groups excluding carboxylic acids is 2. The molecular weight excluding hydrogens is 625 g/mol. The van der Waals surface area contributed by atoms with E-state index in [1.807, 2.05) is 75.4 Å². The molecule has 3 aromatic rings. The van der Waals surface area contributed by atoms with Gasteiger partial charge in [-0.2, -0.15) is 0 Å². The minimum absolute atomic E-state index is 0.169. The molecule has 39 heavy (non-hydrogen) atoms. The van der Waals surface area contributed by atoms with E-state index >= 15 is 0 Å². The minimum Gasteiger partial charge on any atom is -0.354 e. The van der Waals surface area contributed by atoms with E-state index in [9.17, 15) is 18.0 Å². The van der Waals surface area contributed by atoms with Crippen molar-refractivity contribution >= 4 is 50.1 Å². The first-order valence-electron chi connectivity index (χ1n) is 12.8. The molecule has 0 radical (unpaired) electrons. The van der Waals surface area contributed by atoms with Crippen LogP contribution in [-0.2, 0) is 32.6 Å². The Balaban J connectivity index is 2.05. The van der Waals surface area contributed by atoms with Gasteiger partial charge in [-0.3, -0.25) is 13.9 Å². The van der Waals surface area contributed by atoms with E-state index in [1.165, 1.54) is 4.90 Å². The van der Waals surface area contributed by atoms with E-state index in [2.05, 4.69) is 27.9 Å². The maximum absolute atomic E-state index is 14.1. The fourth-order valence-corrected chi connectivity index (χ4v) is 5.38. The van der Waals surface area contributed by atoms with Gasteiger partial charge in [0.25, 0.3) is 0 Å². The van der Waals surface area contributed by atoms with Crippen LogP contribution < -0.4 is 9.62 Å². The number of carbonyl (C=O) groups is 2. The van der Waals surface area contributed by atoms with Crippen LogP contribution in [0.3, 0.4) is 0 Å². The smallest absolute Gasteiger partial charge is 0.244 e. The Morgan fingerprint density at radius 1 is 0.923 bits per heavy atom. The number of nitrogens with one attached hydrogen (secondary N) is 1. The Morgan fingerprint density at radius 2 is 1.54 bits per heavy atom. The van der Waals surface area contributed by atoms with Gasteiger partial charge in [0.05, 0.1) is 11.9 Å².